The average Bonchev–Trinajstić information content (AvgIpc) is 2.29. The van der Waals surface area contributed by atoms with E-state index in [4.69, 9.17) is 11.6 Å². The highest BCUT2D eigenvalue weighted by Crippen LogP contribution is 2.25. The van der Waals surface area contributed by atoms with Gasteiger partial charge in [0, 0.05) is 0 Å². The summed E-state index contributed by atoms with van der Waals surface area (Å²) < 4.78 is 47.3. The Morgan fingerprint density at radius 3 is 2.47 bits per heavy atom. The third kappa shape index (κ3) is 3.13. The molecule has 0 aliphatic carbocycles. The second kappa shape index (κ2) is 5.42. The SMILES string of the molecule is O=C(CCl)Nc1ccccc1S(=O)(=O)C(F)F. The first kappa shape index (κ1) is 13.9. The van der Waals surface area contributed by atoms with E-state index in [1.807, 2.05) is 0 Å². The molecule has 0 bridgehead atoms. The Hall–Kier alpha value is -1.21. The number of para-hydroxylation sites is 1. The summed E-state index contributed by atoms with van der Waals surface area (Å²) in [5.74, 6) is -4.62. The summed E-state index contributed by atoms with van der Waals surface area (Å²) in [6.07, 6.45) is 0. The van der Waals surface area contributed by atoms with E-state index in [0.29, 0.717) is 0 Å². The highest BCUT2D eigenvalue weighted by Gasteiger charge is 2.29. The zero-order chi connectivity index (χ0) is 13.1. The summed E-state index contributed by atoms with van der Waals surface area (Å²) in [5, 5.41) is 2.14. The molecule has 1 aromatic carbocycles. The minimum atomic E-state index is -4.75. The van der Waals surface area contributed by atoms with E-state index in [-0.39, 0.29) is 5.69 Å². The number of sulfone groups is 1. The van der Waals surface area contributed by atoms with E-state index in [9.17, 15) is 22.0 Å². The molecule has 1 aromatic rings. The predicted octanol–water partition coefficient (Wildman–Crippen LogP) is 1.86. The molecule has 0 fully saturated rings. The van der Waals surface area contributed by atoms with Crippen molar-refractivity contribution < 1.29 is 22.0 Å². The summed E-state index contributed by atoms with van der Waals surface area (Å²) >= 11 is 5.22. The van der Waals surface area contributed by atoms with Crippen molar-refractivity contribution in [2.24, 2.45) is 0 Å². The number of halogens is 3. The zero-order valence-electron chi connectivity index (χ0n) is 8.36. The van der Waals surface area contributed by atoms with Crippen LogP contribution >= 0.6 is 11.6 Å². The summed E-state index contributed by atoms with van der Waals surface area (Å²) in [6.45, 7) is 0. The lowest BCUT2D eigenvalue weighted by Crippen LogP contribution is -2.18. The fourth-order valence-corrected chi connectivity index (χ4v) is 2.05. The molecule has 94 valence electrons. The van der Waals surface area contributed by atoms with Crippen LogP contribution in [0, 0.1) is 0 Å². The fraction of sp³-hybridized carbons (Fsp3) is 0.222. The van der Waals surface area contributed by atoms with Crippen LogP contribution in [0.4, 0.5) is 14.5 Å². The van der Waals surface area contributed by atoms with Gasteiger partial charge in [0.15, 0.2) is 0 Å². The van der Waals surface area contributed by atoms with E-state index < -0.39 is 32.3 Å². The molecule has 0 heterocycles. The van der Waals surface area contributed by atoms with E-state index in [1.165, 1.54) is 18.2 Å². The highest BCUT2D eigenvalue weighted by atomic mass is 35.5. The first-order valence-electron chi connectivity index (χ1n) is 4.36. The van der Waals surface area contributed by atoms with Crippen LogP contribution in [0.25, 0.3) is 0 Å². The van der Waals surface area contributed by atoms with Gasteiger partial charge in [-0.05, 0) is 12.1 Å². The number of alkyl halides is 3. The normalized spacial score (nSPS) is 11.5. The standard InChI is InChI=1S/C9H8ClF2NO3S/c10-5-8(14)13-6-3-1-2-4-7(6)17(15,16)9(11)12/h1-4,9H,5H2,(H,13,14). The van der Waals surface area contributed by atoms with Gasteiger partial charge in [0.05, 0.1) is 10.6 Å². The quantitative estimate of drug-likeness (QED) is 0.858. The largest absolute Gasteiger partial charge is 0.341 e. The zero-order valence-corrected chi connectivity index (χ0v) is 9.93. The molecule has 0 atom stereocenters. The van der Waals surface area contributed by atoms with Crippen LogP contribution in [0.5, 0.6) is 0 Å². The molecule has 0 spiro atoms. The number of benzene rings is 1. The van der Waals surface area contributed by atoms with Crippen molar-refractivity contribution in [3.8, 4) is 0 Å². The Kier molecular flexibility index (Phi) is 4.41. The molecule has 0 aromatic heterocycles. The molecular formula is C9H8ClF2NO3S. The Balaban J connectivity index is 3.22. The lowest BCUT2D eigenvalue weighted by atomic mass is 10.3. The smallest absolute Gasteiger partial charge is 0.324 e. The molecule has 0 saturated carbocycles. The summed E-state index contributed by atoms with van der Waals surface area (Å²) in [4.78, 5) is 10.4. The number of hydrogen-bond acceptors (Lipinski definition) is 3. The van der Waals surface area contributed by atoms with E-state index >= 15 is 0 Å². The number of rotatable bonds is 4. The van der Waals surface area contributed by atoms with E-state index in [0.717, 1.165) is 6.07 Å². The fourth-order valence-electron chi connectivity index (χ4n) is 1.10. The van der Waals surface area contributed by atoms with E-state index in [1.54, 1.807) is 0 Å². The second-order valence-electron chi connectivity index (χ2n) is 2.98. The van der Waals surface area contributed by atoms with Crippen LogP contribution in [0.3, 0.4) is 0 Å². The maximum absolute atomic E-state index is 12.4. The van der Waals surface area contributed by atoms with Gasteiger partial charge in [-0.3, -0.25) is 4.79 Å². The number of anilines is 1. The number of hydrogen-bond donors (Lipinski definition) is 1. The Bertz CT molecular complexity index is 519. The maximum atomic E-state index is 12.4. The molecule has 8 heteroatoms. The third-order valence-electron chi connectivity index (χ3n) is 1.82. The van der Waals surface area contributed by atoms with Crippen LogP contribution in [0.15, 0.2) is 29.2 Å². The summed E-state index contributed by atoms with van der Waals surface area (Å²) in [6, 6.07) is 4.89. The lowest BCUT2D eigenvalue weighted by molar-refractivity contribution is -0.113. The second-order valence-corrected chi connectivity index (χ2v) is 5.14. The molecule has 1 amide bonds. The monoisotopic (exact) mass is 283 g/mol. The lowest BCUT2D eigenvalue weighted by Gasteiger charge is -2.10. The van der Waals surface area contributed by atoms with Crippen LogP contribution in [0.1, 0.15) is 0 Å². The topological polar surface area (TPSA) is 63.2 Å². The molecule has 0 radical (unpaired) electrons. The molecular weight excluding hydrogens is 276 g/mol. The summed E-state index contributed by atoms with van der Waals surface area (Å²) in [5.41, 5.74) is -0.210. The first-order valence-corrected chi connectivity index (χ1v) is 6.44. The first-order chi connectivity index (χ1) is 7.89. The van der Waals surface area contributed by atoms with Crippen molar-refractivity contribution in [3.05, 3.63) is 24.3 Å². The van der Waals surface area contributed by atoms with Crippen LogP contribution < -0.4 is 5.32 Å². The van der Waals surface area contributed by atoms with Gasteiger partial charge in [0.25, 0.3) is 0 Å². The average molecular weight is 284 g/mol. The molecule has 0 aliphatic rings. The number of nitrogens with one attached hydrogen (secondary N) is 1. The molecule has 1 N–H and O–H groups in total. The maximum Gasteiger partial charge on any atom is 0.341 e. The Labute approximate surface area is 101 Å². The minimum absolute atomic E-state index is 0.210. The van der Waals surface area contributed by atoms with Crippen molar-refractivity contribution in [1.29, 1.82) is 0 Å². The van der Waals surface area contributed by atoms with Crippen molar-refractivity contribution in [2.45, 2.75) is 10.7 Å². The third-order valence-corrected chi connectivity index (χ3v) is 3.50. The number of carbonyl (C=O) groups excluding carboxylic acids is 1. The van der Waals surface area contributed by atoms with Crippen molar-refractivity contribution in [3.63, 3.8) is 0 Å². The predicted molar refractivity (Wildman–Crippen MR) is 59.0 cm³/mol. The van der Waals surface area contributed by atoms with Crippen LogP contribution in [-0.2, 0) is 14.6 Å². The van der Waals surface area contributed by atoms with Crippen molar-refractivity contribution >= 4 is 33.0 Å². The van der Waals surface area contributed by atoms with Gasteiger partial charge in [-0.25, -0.2) is 8.42 Å². The molecule has 0 unspecified atom stereocenters. The molecule has 4 nitrogen and oxygen atoms in total. The number of amides is 1. The highest BCUT2D eigenvalue weighted by molar-refractivity contribution is 7.91. The van der Waals surface area contributed by atoms with Gasteiger partial charge in [-0.15, -0.1) is 11.6 Å². The minimum Gasteiger partial charge on any atom is -0.324 e. The molecule has 0 aliphatic heterocycles. The van der Waals surface area contributed by atoms with Crippen LogP contribution in [-0.4, -0.2) is 26.0 Å². The van der Waals surface area contributed by atoms with Gasteiger partial charge in [-0.1, -0.05) is 12.1 Å². The van der Waals surface area contributed by atoms with Gasteiger partial charge in [0.2, 0.25) is 15.7 Å². The van der Waals surface area contributed by atoms with Crippen LogP contribution in [0.2, 0.25) is 0 Å². The van der Waals surface area contributed by atoms with Gasteiger partial charge in [0.1, 0.15) is 5.88 Å². The van der Waals surface area contributed by atoms with Crippen molar-refractivity contribution in [2.75, 3.05) is 11.2 Å². The van der Waals surface area contributed by atoms with Gasteiger partial charge >= 0.3 is 5.76 Å². The molecule has 17 heavy (non-hydrogen) atoms. The van der Waals surface area contributed by atoms with Gasteiger partial charge in [-0.2, -0.15) is 8.78 Å². The number of carbonyl (C=O) groups is 1. The molecule has 1 rings (SSSR count). The van der Waals surface area contributed by atoms with E-state index in [2.05, 4.69) is 5.32 Å². The Morgan fingerprint density at radius 2 is 1.94 bits per heavy atom. The Morgan fingerprint density at radius 1 is 1.35 bits per heavy atom. The summed E-state index contributed by atoms with van der Waals surface area (Å²) in [7, 11) is -4.75. The molecule has 0 saturated heterocycles. The van der Waals surface area contributed by atoms with Crippen molar-refractivity contribution in [1.82, 2.24) is 0 Å². The van der Waals surface area contributed by atoms with Gasteiger partial charge < -0.3 is 5.32 Å².